The summed E-state index contributed by atoms with van der Waals surface area (Å²) in [5, 5.41) is 11.3. The molecule has 0 saturated heterocycles. The number of carbonyl (C=O) groups excluding carboxylic acids is 1. The van der Waals surface area contributed by atoms with Gasteiger partial charge in [-0.3, -0.25) is 10.1 Å². The fourth-order valence-corrected chi connectivity index (χ4v) is 2.47. The van der Waals surface area contributed by atoms with Crippen LogP contribution in [-0.4, -0.2) is 30.0 Å². The van der Waals surface area contributed by atoms with Crippen LogP contribution in [0, 0.1) is 10.1 Å². The molecule has 23 heavy (non-hydrogen) atoms. The Hall–Kier alpha value is -2.48. The van der Waals surface area contributed by atoms with Crippen LogP contribution in [-0.2, 0) is 11.3 Å². The number of benzene rings is 1. The Bertz CT molecular complexity index is 751. The molecule has 1 heterocycles. The molecule has 0 fully saturated rings. The summed E-state index contributed by atoms with van der Waals surface area (Å²) in [5.74, 6) is -0.487. The van der Waals surface area contributed by atoms with Crippen molar-refractivity contribution in [3.05, 3.63) is 62.2 Å². The topological polar surface area (TPSA) is 85.6 Å². The number of methoxy groups -OCH3 is 1. The van der Waals surface area contributed by atoms with Gasteiger partial charge in [-0.25, -0.2) is 9.78 Å². The molecule has 8 heteroatoms. The molecule has 120 valence electrons. The van der Waals surface area contributed by atoms with Crippen LogP contribution in [0.3, 0.4) is 0 Å². The zero-order valence-electron chi connectivity index (χ0n) is 12.5. The lowest BCUT2D eigenvalue weighted by molar-refractivity contribution is -0.384. The molecule has 0 aliphatic heterocycles. The molecular formula is C15H14BrN3O4. The Kier molecular flexibility index (Phi) is 5.28. The summed E-state index contributed by atoms with van der Waals surface area (Å²) in [4.78, 5) is 27.9. The predicted molar refractivity (Wildman–Crippen MR) is 88.5 cm³/mol. The molecule has 0 N–H and O–H groups in total. The highest BCUT2D eigenvalue weighted by Crippen LogP contribution is 2.28. The average molecular weight is 380 g/mol. The smallest absolute Gasteiger partial charge is 0.339 e. The lowest BCUT2D eigenvalue weighted by Gasteiger charge is -2.19. The van der Waals surface area contributed by atoms with E-state index >= 15 is 0 Å². The summed E-state index contributed by atoms with van der Waals surface area (Å²) in [6.45, 7) is 0.423. The molecule has 7 nitrogen and oxygen atoms in total. The number of nitrogens with zero attached hydrogens (tertiary/aromatic N) is 3. The number of hydrogen-bond donors (Lipinski definition) is 0. The molecule has 1 aromatic carbocycles. The summed E-state index contributed by atoms with van der Waals surface area (Å²) in [6, 6.07) is 8.75. The Morgan fingerprint density at radius 1 is 1.43 bits per heavy atom. The maximum Gasteiger partial charge on any atom is 0.339 e. The van der Waals surface area contributed by atoms with Gasteiger partial charge in [0.05, 0.1) is 17.6 Å². The Morgan fingerprint density at radius 2 is 2.13 bits per heavy atom. The van der Waals surface area contributed by atoms with Crippen molar-refractivity contribution in [2.45, 2.75) is 6.54 Å². The molecule has 0 amide bonds. The van der Waals surface area contributed by atoms with Crippen molar-refractivity contribution in [3.8, 4) is 0 Å². The monoisotopic (exact) mass is 379 g/mol. The molecule has 0 radical (unpaired) electrons. The fourth-order valence-electron chi connectivity index (χ4n) is 2.06. The number of ether oxygens (including phenoxy) is 1. The molecule has 0 bridgehead atoms. The van der Waals surface area contributed by atoms with Gasteiger partial charge in [0.1, 0.15) is 0 Å². The van der Waals surface area contributed by atoms with E-state index in [9.17, 15) is 14.9 Å². The lowest BCUT2D eigenvalue weighted by Crippen LogP contribution is -2.20. The standard InChI is InChI=1S/C15H14BrN3O4/c1-18(9-10-5-3-4-6-12(10)16)14-13(19(21)22)7-11(8-17-14)15(20)23-2/h3-8H,9H2,1-2H3. The van der Waals surface area contributed by atoms with E-state index in [-0.39, 0.29) is 17.1 Å². The first-order valence-electron chi connectivity index (χ1n) is 6.61. The SMILES string of the molecule is COC(=O)c1cnc(N(C)Cc2ccccc2Br)c([N+](=O)[O-])c1. The maximum absolute atomic E-state index is 11.5. The van der Waals surface area contributed by atoms with Crippen LogP contribution >= 0.6 is 15.9 Å². The van der Waals surface area contributed by atoms with E-state index < -0.39 is 10.9 Å². The van der Waals surface area contributed by atoms with Crippen molar-refractivity contribution < 1.29 is 14.5 Å². The third-order valence-corrected chi connectivity index (χ3v) is 3.97. The van der Waals surface area contributed by atoms with Crippen LogP contribution in [0.2, 0.25) is 0 Å². The number of aromatic nitrogens is 1. The molecule has 0 aliphatic carbocycles. The fraction of sp³-hybridized carbons (Fsp3) is 0.200. The van der Waals surface area contributed by atoms with Crippen LogP contribution in [0.15, 0.2) is 41.0 Å². The van der Waals surface area contributed by atoms with Gasteiger partial charge >= 0.3 is 11.7 Å². The van der Waals surface area contributed by atoms with Crippen LogP contribution in [0.25, 0.3) is 0 Å². The minimum Gasteiger partial charge on any atom is -0.465 e. The summed E-state index contributed by atoms with van der Waals surface area (Å²) in [5.41, 5.74) is 0.753. The quantitative estimate of drug-likeness (QED) is 0.450. The molecule has 1 aromatic heterocycles. The van der Waals surface area contributed by atoms with E-state index in [1.807, 2.05) is 24.3 Å². The normalized spacial score (nSPS) is 10.2. The summed E-state index contributed by atoms with van der Waals surface area (Å²) >= 11 is 3.44. The van der Waals surface area contributed by atoms with E-state index in [1.54, 1.807) is 11.9 Å². The first-order valence-corrected chi connectivity index (χ1v) is 7.40. The second-order valence-electron chi connectivity index (χ2n) is 4.76. The summed E-state index contributed by atoms with van der Waals surface area (Å²) < 4.78 is 5.46. The van der Waals surface area contributed by atoms with Crippen LogP contribution in [0.4, 0.5) is 11.5 Å². The van der Waals surface area contributed by atoms with Gasteiger partial charge in [-0.15, -0.1) is 0 Å². The second-order valence-corrected chi connectivity index (χ2v) is 5.62. The first-order chi connectivity index (χ1) is 10.9. The van der Waals surface area contributed by atoms with Crippen molar-refractivity contribution in [3.63, 3.8) is 0 Å². The number of hydrogen-bond acceptors (Lipinski definition) is 6. The first kappa shape index (κ1) is 16.9. The van der Waals surface area contributed by atoms with Crippen molar-refractivity contribution >= 4 is 33.4 Å². The van der Waals surface area contributed by atoms with Gasteiger partial charge in [0.25, 0.3) is 0 Å². The van der Waals surface area contributed by atoms with Gasteiger partial charge in [0, 0.05) is 30.3 Å². The van der Waals surface area contributed by atoms with E-state index in [0.29, 0.717) is 6.54 Å². The van der Waals surface area contributed by atoms with E-state index in [1.165, 1.54) is 19.4 Å². The summed E-state index contributed by atoms with van der Waals surface area (Å²) in [6.07, 6.45) is 1.27. The van der Waals surface area contributed by atoms with E-state index in [0.717, 1.165) is 10.0 Å². The zero-order valence-corrected chi connectivity index (χ0v) is 14.1. The van der Waals surface area contributed by atoms with Gasteiger partial charge in [-0.1, -0.05) is 34.1 Å². The number of halogens is 1. The lowest BCUT2D eigenvalue weighted by atomic mass is 10.2. The minimum absolute atomic E-state index is 0.0391. The number of rotatable bonds is 5. The number of pyridine rings is 1. The highest BCUT2D eigenvalue weighted by atomic mass is 79.9. The number of carbonyl (C=O) groups is 1. The van der Waals surface area contributed by atoms with Gasteiger partial charge in [0.15, 0.2) is 0 Å². The molecule has 0 spiro atoms. The number of esters is 1. The number of anilines is 1. The van der Waals surface area contributed by atoms with Gasteiger partial charge < -0.3 is 9.64 Å². The third-order valence-electron chi connectivity index (χ3n) is 3.19. The molecule has 0 saturated carbocycles. The van der Waals surface area contributed by atoms with Crippen molar-refractivity contribution in [1.82, 2.24) is 4.98 Å². The molecule has 2 rings (SSSR count). The second kappa shape index (κ2) is 7.19. The Morgan fingerprint density at radius 3 is 2.74 bits per heavy atom. The molecular weight excluding hydrogens is 366 g/mol. The van der Waals surface area contributed by atoms with Gasteiger partial charge in [0.2, 0.25) is 5.82 Å². The predicted octanol–water partition coefficient (Wildman–Crippen LogP) is 3.18. The minimum atomic E-state index is -0.666. The molecule has 0 unspecified atom stereocenters. The maximum atomic E-state index is 11.5. The molecule has 2 aromatic rings. The van der Waals surface area contributed by atoms with Crippen LogP contribution < -0.4 is 4.90 Å². The van der Waals surface area contributed by atoms with E-state index in [2.05, 4.69) is 25.7 Å². The molecule has 0 aliphatic rings. The van der Waals surface area contributed by atoms with Crippen molar-refractivity contribution in [1.29, 1.82) is 0 Å². The highest BCUT2D eigenvalue weighted by Gasteiger charge is 2.22. The van der Waals surface area contributed by atoms with Crippen molar-refractivity contribution in [2.24, 2.45) is 0 Å². The van der Waals surface area contributed by atoms with Gasteiger partial charge in [-0.05, 0) is 11.6 Å². The largest absolute Gasteiger partial charge is 0.465 e. The average Bonchev–Trinajstić information content (AvgIpc) is 2.55. The van der Waals surface area contributed by atoms with Crippen LogP contribution in [0.5, 0.6) is 0 Å². The highest BCUT2D eigenvalue weighted by molar-refractivity contribution is 9.10. The summed E-state index contributed by atoms with van der Waals surface area (Å²) in [7, 11) is 2.91. The molecule has 0 atom stereocenters. The Labute approximate surface area is 141 Å². The zero-order chi connectivity index (χ0) is 17.0. The van der Waals surface area contributed by atoms with Gasteiger partial charge in [-0.2, -0.15) is 0 Å². The van der Waals surface area contributed by atoms with Crippen molar-refractivity contribution in [2.75, 3.05) is 19.1 Å². The third kappa shape index (κ3) is 3.84. The van der Waals surface area contributed by atoms with E-state index in [4.69, 9.17) is 0 Å². The Balaban J connectivity index is 2.36. The number of nitro groups is 1. The van der Waals surface area contributed by atoms with Crippen LogP contribution in [0.1, 0.15) is 15.9 Å².